The van der Waals surface area contributed by atoms with Crippen LogP contribution in [0, 0.1) is 18.8 Å². The number of anilines is 1. The van der Waals surface area contributed by atoms with Crippen LogP contribution in [-0.4, -0.2) is 69.0 Å². The number of piperidine rings is 1. The lowest BCUT2D eigenvalue weighted by Gasteiger charge is -2.27. The van der Waals surface area contributed by atoms with Crippen LogP contribution < -0.4 is 10.4 Å². The lowest BCUT2D eigenvalue weighted by Crippen LogP contribution is -2.41. The molecule has 1 aliphatic heterocycles. The molecule has 0 spiro atoms. The van der Waals surface area contributed by atoms with Gasteiger partial charge in [0, 0.05) is 57.0 Å². The Bertz CT molecular complexity index is 1590. The highest BCUT2D eigenvalue weighted by molar-refractivity contribution is 7.89. The van der Waals surface area contributed by atoms with Crippen LogP contribution in [0.2, 0.25) is 0 Å². The van der Waals surface area contributed by atoms with Gasteiger partial charge in [-0.3, -0.25) is 10.0 Å². The van der Waals surface area contributed by atoms with Crippen LogP contribution in [0.15, 0.2) is 72.1 Å². The summed E-state index contributed by atoms with van der Waals surface area (Å²) in [6.45, 7) is 3.99. The number of fused-ring (bicyclic) bond motifs is 2. The van der Waals surface area contributed by atoms with E-state index in [0.717, 1.165) is 16.6 Å². The molecule has 2 atom stereocenters. The number of benzene rings is 2. The van der Waals surface area contributed by atoms with Gasteiger partial charge >= 0.3 is 0 Å². The number of nitrogens with zero attached hydrogens (tertiary/aromatic N) is 6. The first kappa shape index (κ1) is 24.5. The summed E-state index contributed by atoms with van der Waals surface area (Å²) in [4.78, 5) is 26.6. The second-order valence-corrected chi connectivity index (χ2v) is 11.6. The van der Waals surface area contributed by atoms with Gasteiger partial charge < -0.3 is 9.47 Å². The van der Waals surface area contributed by atoms with E-state index in [0.29, 0.717) is 37.0 Å². The molecule has 1 aliphatic carbocycles. The minimum Gasteiger partial charge on any atom is -0.340 e. The molecule has 12 heteroatoms. The monoisotopic (exact) mass is 533 g/mol. The van der Waals surface area contributed by atoms with Gasteiger partial charge in [-0.1, -0.05) is 30.3 Å². The zero-order chi connectivity index (χ0) is 26.4. The van der Waals surface area contributed by atoms with Gasteiger partial charge in [-0.05, 0) is 41.7 Å². The van der Waals surface area contributed by atoms with Crippen molar-refractivity contribution in [3.63, 3.8) is 0 Å². The first-order valence-electron chi connectivity index (χ1n) is 12.4. The molecule has 2 aromatic carbocycles. The minimum absolute atomic E-state index is 0.119. The summed E-state index contributed by atoms with van der Waals surface area (Å²) in [5.74, 6) is 0.939. The number of aryl methyl sites for hydroxylation is 1. The van der Waals surface area contributed by atoms with Gasteiger partial charge in [0.15, 0.2) is 0 Å². The SMILES string of the molecule is Cc1nccn1CCN(C1C2CN(c3ncc(C(=O)NO)cn3)CC21)S(=O)(=O)c1ccc2ccccc2c1. The van der Waals surface area contributed by atoms with Crippen LogP contribution in [-0.2, 0) is 16.6 Å². The van der Waals surface area contributed by atoms with Gasteiger partial charge in [0.05, 0.1) is 10.5 Å². The van der Waals surface area contributed by atoms with Gasteiger partial charge in [0.1, 0.15) is 5.82 Å². The quantitative estimate of drug-likeness (QED) is 0.260. The average molecular weight is 534 g/mol. The summed E-state index contributed by atoms with van der Waals surface area (Å²) in [7, 11) is -3.76. The molecule has 0 radical (unpaired) electrons. The van der Waals surface area contributed by atoms with Crippen LogP contribution in [0.5, 0.6) is 0 Å². The number of aromatic nitrogens is 4. The van der Waals surface area contributed by atoms with E-state index in [1.165, 1.54) is 12.4 Å². The maximum absolute atomic E-state index is 14.0. The summed E-state index contributed by atoms with van der Waals surface area (Å²) in [6.07, 6.45) is 6.30. The van der Waals surface area contributed by atoms with E-state index in [2.05, 4.69) is 15.0 Å². The van der Waals surface area contributed by atoms with E-state index in [1.54, 1.807) is 28.1 Å². The summed E-state index contributed by atoms with van der Waals surface area (Å²) >= 11 is 0. The number of carbonyl (C=O) groups is 1. The van der Waals surface area contributed by atoms with Gasteiger partial charge in [-0.15, -0.1) is 0 Å². The molecular formula is C26H27N7O4S. The maximum atomic E-state index is 14.0. The summed E-state index contributed by atoms with van der Waals surface area (Å²) in [6, 6.07) is 12.9. The Hall–Kier alpha value is -3.87. The summed E-state index contributed by atoms with van der Waals surface area (Å²) < 4.78 is 31.7. The van der Waals surface area contributed by atoms with Gasteiger partial charge in [-0.2, -0.15) is 4.31 Å². The number of hydrogen-bond donors (Lipinski definition) is 2. The first-order valence-corrected chi connectivity index (χ1v) is 13.8. The lowest BCUT2D eigenvalue weighted by atomic mass is 10.1. The minimum atomic E-state index is -3.76. The Labute approximate surface area is 219 Å². The largest absolute Gasteiger partial charge is 0.340 e. The Morgan fingerprint density at radius 1 is 1.08 bits per heavy atom. The van der Waals surface area contributed by atoms with Crippen molar-refractivity contribution in [3.8, 4) is 0 Å². The van der Waals surface area contributed by atoms with Crippen LogP contribution in [0.1, 0.15) is 16.2 Å². The molecule has 3 heterocycles. The Balaban J connectivity index is 1.24. The molecule has 1 saturated carbocycles. The predicted molar refractivity (Wildman–Crippen MR) is 139 cm³/mol. The standard InChI is InChI=1S/C26H27N7O4S/c1-17-27-8-9-31(17)10-11-33(38(36,37)21-7-6-18-4-2-3-5-19(18)12-21)24-22-15-32(16-23(22)24)26-28-13-20(14-29-26)25(34)30-35/h2-9,12-14,22-24,35H,10-11,15-16H2,1H3,(H,30,34). The van der Waals surface area contributed by atoms with Gasteiger partial charge in [0.2, 0.25) is 16.0 Å². The van der Waals surface area contributed by atoms with Gasteiger partial charge in [-0.25, -0.2) is 28.8 Å². The molecule has 4 aromatic rings. The number of hydroxylamine groups is 1. The van der Waals surface area contributed by atoms with Crippen molar-refractivity contribution in [2.75, 3.05) is 24.5 Å². The highest BCUT2D eigenvalue weighted by Crippen LogP contribution is 2.51. The van der Waals surface area contributed by atoms with Crippen LogP contribution in [0.3, 0.4) is 0 Å². The molecule has 2 fully saturated rings. The molecule has 6 rings (SSSR count). The first-order chi connectivity index (χ1) is 18.4. The highest BCUT2D eigenvalue weighted by Gasteiger charge is 2.61. The smallest absolute Gasteiger partial charge is 0.277 e. The summed E-state index contributed by atoms with van der Waals surface area (Å²) in [5, 5.41) is 10.7. The number of carbonyl (C=O) groups excluding carboxylic acids is 1. The molecule has 38 heavy (non-hydrogen) atoms. The van der Waals surface area contributed by atoms with Crippen LogP contribution in [0.25, 0.3) is 10.8 Å². The van der Waals surface area contributed by atoms with Crippen molar-refractivity contribution in [1.29, 1.82) is 0 Å². The third-order valence-corrected chi connectivity index (χ3v) is 9.47. The molecule has 1 amide bonds. The van der Waals surface area contributed by atoms with Crippen molar-refractivity contribution < 1.29 is 18.4 Å². The Kier molecular flexibility index (Phi) is 6.09. The lowest BCUT2D eigenvalue weighted by molar-refractivity contribution is 0.0705. The molecule has 2 unspecified atom stereocenters. The molecular weight excluding hydrogens is 506 g/mol. The second-order valence-electron chi connectivity index (χ2n) is 9.73. The zero-order valence-corrected chi connectivity index (χ0v) is 21.5. The second kappa shape index (κ2) is 9.46. The average Bonchev–Trinajstić information content (AvgIpc) is 3.23. The zero-order valence-electron chi connectivity index (χ0n) is 20.7. The molecule has 2 aliphatic rings. The van der Waals surface area contributed by atoms with E-state index in [-0.39, 0.29) is 23.4 Å². The highest BCUT2D eigenvalue weighted by atomic mass is 32.2. The number of imidazole rings is 1. The fourth-order valence-corrected chi connectivity index (χ4v) is 7.23. The number of sulfonamides is 1. The van der Waals surface area contributed by atoms with Crippen molar-refractivity contribution in [2.24, 2.45) is 11.8 Å². The van der Waals surface area contributed by atoms with E-state index in [9.17, 15) is 13.2 Å². The van der Waals surface area contributed by atoms with Crippen molar-refractivity contribution in [1.82, 2.24) is 29.3 Å². The molecule has 11 nitrogen and oxygen atoms in total. The molecule has 2 aromatic heterocycles. The molecule has 1 saturated heterocycles. The summed E-state index contributed by atoms with van der Waals surface area (Å²) in [5.41, 5.74) is 1.72. The van der Waals surface area contributed by atoms with Crippen molar-refractivity contribution in [3.05, 3.63) is 78.6 Å². The third-order valence-electron chi connectivity index (χ3n) is 7.58. The third kappa shape index (κ3) is 4.30. The fraction of sp³-hybridized carbons (Fsp3) is 0.308. The van der Waals surface area contributed by atoms with E-state index in [4.69, 9.17) is 5.21 Å². The van der Waals surface area contributed by atoms with E-state index in [1.807, 2.05) is 52.9 Å². The topological polar surface area (TPSA) is 134 Å². The number of rotatable bonds is 8. The fourth-order valence-electron chi connectivity index (χ4n) is 5.49. The number of nitrogens with one attached hydrogen (secondary N) is 1. The Morgan fingerprint density at radius 3 is 2.45 bits per heavy atom. The molecule has 2 N–H and O–H groups in total. The maximum Gasteiger partial charge on any atom is 0.277 e. The number of amides is 1. The van der Waals surface area contributed by atoms with Crippen LogP contribution >= 0.6 is 0 Å². The molecule has 0 bridgehead atoms. The van der Waals surface area contributed by atoms with Crippen molar-refractivity contribution >= 4 is 32.7 Å². The molecule has 196 valence electrons. The van der Waals surface area contributed by atoms with E-state index < -0.39 is 15.9 Å². The normalized spacial score (nSPS) is 20.6. The van der Waals surface area contributed by atoms with Crippen molar-refractivity contribution in [2.45, 2.75) is 24.4 Å². The van der Waals surface area contributed by atoms with E-state index >= 15 is 0 Å². The Morgan fingerprint density at radius 2 is 1.79 bits per heavy atom. The van der Waals surface area contributed by atoms with Gasteiger partial charge in [0.25, 0.3) is 5.91 Å². The number of hydrogen-bond acceptors (Lipinski definition) is 8. The van der Waals surface area contributed by atoms with Crippen LogP contribution in [0.4, 0.5) is 5.95 Å². The predicted octanol–water partition coefficient (Wildman–Crippen LogP) is 2.08.